The van der Waals surface area contributed by atoms with Gasteiger partial charge in [-0.3, -0.25) is 0 Å². The van der Waals surface area contributed by atoms with Gasteiger partial charge in [0, 0.05) is 25.0 Å². The average molecular weight is 173 g/mol. The van der Waals surface area contributed by atoms with E-state index in [0.717, 1.165) is 5.56 Å². The third-order valence-corrected chi connectivity index (χ3v) is 2.63. The lowest BCUT2D eigenvalue weighted by Gasteiger charge is -2.10. The van der Waals surface area contributed by atoms with Crippen LogP contribution in [0.3, 0.4) is 0 Å². The second kappa shape index (κ2) is 3.59. The fraction of sp³-hybridized carbons (Fsp3) is 0.364. The lowest BCUT2D eigenvalue weighted by Crippen LogP contribution is -3.04. The number of quaternary nitrogens is 1. The number of hydrogen-bond donors (Lipinski definition) is 1. The van der Waals surface area contributed by atoms with Gasteiger partial charge >= 0.3 is 0 Å². The van der Waals surface area contributed by atoms with Crippen LogP contribution in [0, 0.1) is 11.3 Å². The Morgan fingerprint density at radius 2 is 1.69 bits per heavy atom. The van der Waals surface area contributed by atoms with E-state index in [2.05, 4.69) is 18.2 Å². The van der Waals surface area contributed by atoms with Crippen LogP contribution in [0.4, 0.5) is 5.69 Å². The maximum Gasteiger partial charge on any atom is 0.131 e. The second-order valence-corrected chi connectivity index (χ2v) is 3.50. The van der Waals surface area contributed by atoms with Crippen molar-refractivity contribution in [2.45, 2.75) is 12.8 Å². The van der Waals surface area contributed by atoms with Gasteiger partial charge in [0.1, 0.15) is 5.69 Å². The van der Waals surface area contributed by atoms with Crippen molar-refractivity contribution >= 4 is 5.69 Å². The average Bonchev–Trinajstić information content (AvgIpc) is 2.71. The molecular formula is C11H13N2+. The smallest absolute Gasteiger partial charge is 0.131 e. The molecule has 1 fully saturated rings. The quantitative estimate of drug-likeness (QED) is 0.670. The van der Waals surface area contributed by atoms with Crippen molar-refractivity contribution in [1.29, 1.82) is 5.26 Å². The zero-order valence-electron chi connectivity index (χ0n) is 7.59. The summed E-state index contributed by atoms with van der Waals surface area (Å²) in [4.78, 5) is 1.56. The fourth-order valence-electron chi connectivity index (χ4n) is 1.87. The molecule has 66 valence electrons. The van der Waals surface area contributed by atoms with Gasteiger partial charge in [0.2, 0.25) is 0 Å². The highest BCUT2D eigenvalue weighted by Gasteiger charge is 2.17. The first-order valence-corrected chi connectivity index (χ1v) is 4.75. The van der Waals surface area contributed by atoms with E-state index in [-0.39, 0.29) is 0 Å². The van der Waals surface area contributed by atoms with Crippen LogP contribution in [-0.4, -0.2) is 13.1 Å². The molecule has 1 aliphatic heterocycles. The van der Waals surface area contributed by atoms with Crippen molar-refractivity contribution in [3.8, 4) is 6.07 Å². The number of hydrogen-bond acceptors (Lipinski definition) is 1. The van der Waals surface area contributed by atoms with Crippen LogP contribution in [0.25, 0.3) is 0 Å². The molecule has 2 heteroatoms. The van der Waals surface area contributed by atoms with Gasteiger partial charge in [-0.2, -0.15) is 5.26 Å². The van der Waals surface area contributed by atoms with Crippen LogP contribution in [0.15, 0.2) is 24.3 Å². The van der Waals surface area contributed by atoms with E-state index in [1.807, 2.05) is 12.1 Å². The lowest BCUT2D eigenvalue weighted by atomic mass is 10.2. The first-order valence-electron chi connectivity index (χ1n) is 4.75. The van der Waals surface area contributed by atoms with Gasteiger partial charge in [0.05, 0.1) is 24.7 Å². The van der Waals surface area contributed by atoms with Gasteiger partial charge in [-0.05, 0) is 12.1 Å². The minimum absolute atomic E-state index is 0.752. The number of nitrogens with zero attached hydrogens (tertiary/aromatic N) is 1. The molecule has 1 saturated heterocycles. The molecule has 1 heterocycles. The van der Waals surface area contributed by atoms with Gasteiger partial charge in [-0.15, -0.1) is 0 Å². The summed E-state index contributed by atoms with van der Waals surface area (Å²) in [6.45, 7) is 2.48. The topological polar surface area (TPSA) is 28.2 Å². The van der Waals surface area contributed by atoms with E-state index in [0.29, 0.717) is 0 Å². The number of nitrogens with one attached hydrogen (secondary N) is 1. The molecule has 2 rings (SSSR count). The molecule has 1 N–H and O–H groups in total. The van der Waals surface area contributed by atoms with E-state index < -0.39 is 0 Å². The minimum Gasteiger partial charge on any atom is -0.302 e. The van der Waals surface area contributed by atoms with E-state index in [1.165, 1.54) is 31.6 Å². The van der Waals surface area contributed by atoms with Crippen LogP contribution in [0.1, 0.15) is 18.4 Å². The Hall–Kier alpha value is -1.33. The van der Waals surface area contributed by atoms with Gasteiger partial charge < -0.3 is 4.90 Å². The largest absolute Gasteiger partial charge is 0.302 e. The number of rotatable bonds is 1. The Morgan fingerprint density at radius 3 is 2.23 bits per heavy atom. The lowest BCUT2D eigenvalue weighted by molar-refractivity contribution is -0.818. The minimum atomic E-state index is 0.752. The highest BCUT2D eigenvalue weighted by Crippen LogP contribution is 2.06. The Bertz CT molecular complexity index is 315. The predicted molar refractivity (Wildman–Crippen MR) is 50.7 cm³/mol. The summed E-state index contributed by atoms with van der Waals surface area (Å²) >= 11 is 0. The maximum absolute atomic E-state index is 8.64. The first-order chi connectivity index (χ1) is 6.40. The molecule has 0 amide bonds. The van der Waals surface area contributed by atoms with Crippen molar-refractivity contribution in [3.05, 3.63) is 29.8 Å². The number of benzene rings is 1. The summed E-state index contributed by atoms with van der Waals surface area (Å²) in [5.41, 5.74) is 2.08. The molecule has 0 unspecified atom stereocenters. The zero-order valence-corrected chi connectivity index (χ0v) is 7.59. The molecule has 0 saturated carbocycles. The van der Waals surface area contributed by atoms with Crippen molar-refractivity contribution in [1.82, 2.24) is 0 Å². The van der Waals surface area contributed by atoms with Gasteiger partial charge in [-0.25, -0.2) is 0 Å². The molecule has 0 aliphatic carbocycles. The van der Waals surface area contributed by atoms with Crippen LogP contribution in [0.2, 0.25) is 0 Å². The Labute approximate surface area is 78.4 Å². The Morgan fingerprint density at radius 1 is 1.08 bits per heavy atom. The van der Waals surface area contributed by atoms with Crippen molar-refractivity contribution < 1.29 is 4.90 Å². The second-order valence-electron chi connectivity index (χ2n) is 3.50. The van der Waals surface area contributed by atoms with Crippen LogP contribution in [0.5, 0.6) is 0 Å². The summed E-state index contributed by atoms with van der Waals surface area (Å²) in [5.74, 6) is 0. The maximum atomic E-state index is 8.64. The van der Waals surface area contributed by atoms with Crippen LogP contribution >= 0.6 is 0 Å². The van der Waals surface area contributed by atoms with E-state index in [9.17, 15) is 0 Å². The molecule has 0 radical (unpaired) electrons. The van der Waals surface area contributed by atoms with Gasteiger partial charge in [-0.1, -0.05) is 0 Å². The summed E-state index contributed by atoms with van der Waals surface area (Å²) in [7, 11) is 0. The van der Waals surface area contributed by atoms with Crippen molar-refractivity contribution in [2.75, 3.05) is 13.1 Å². The Kier molecular flexibility index (Phi) is 2.29. The van der Waals surface area contributed by atoms with E-state index >= 15 is 0 Å². The predicted octanol–water partition coefficient (Wildman–Crippen LogP) is 0.868. The van der Waals surface area contributed by atoms with Gasteiger partial charge in [0.15, 0.2) is 0 Å². The summed E-state index contributed by atoms with van der Waals surface area (Å²) < 4.78 is 0. The third kappa shape index (κ3) is 1.71. The molecule has 0 spiro atoms. The normalized spacial score (nSPS) is 17.2. The zero-order chi connectivity index (χ0) is 9.10. The summed E-state index contributed by atoms with van der Waals surface area (Å²) in [5, 5.41) is 8.64. The standard InChI is InChI=1S/C11H12N2/c12-9-10-3-5-11(6-4-10)13-7-1-2-8-13/h3-6H,1-2,7-8H2/p+1. The SMILES string of the molecule is N#Cc1ccc([NH+]2CCCC2)cc1. The molecule has 0 bridgehead atoms. The molecule has 2 nitrogen and oxygen atoms in total. The van der Waals surface area contributed by atoms with Crippen LogP contribution in [-0.2, 0) is 0 Å². The molecule has 0 atom stereocenters. The molecule has 1 aliphatic rings. The van der Waals surface area contributed by atoms with Gasteiger partial charge in [0.25, 0.3) is 0 Å². The first kappa shape index (κ1) is 8.28. The van der Waals surface area contributed by atoms with E-state index in [4.69, 9.17) is 5.26 Å². The molecule has 0 aromatic heterocycles. The van der Waals surface area contributed by atoms with E-state index in [1.54, 1.807) is 4.90 Å². The summed E-state index contributed by atoms with van der Waals surface area (Å²) in [6, 6.07) is 10.1. The molecular weight excluding hydrogens is 160 g/mol. The molecule has 13 heavy (non-hydrogen) atoms. The van der Waals surface area contributed by atoms with Crippen molar-refractivity contribution in [2.24, 2.45) is 0 Å². The highest BCUT2D eigenvalue weighted by molar-refractivity contribution is 5.38. The molecule has 1 aromatic rings. The van der Waals surface area contributed by atoms with Crippen molar-refractivity contribution in [3.63, 3.8) is 0 Å². The highest BCUT2D eigenvalue weighted by atomic mass is 15.1. The summed E-state index contributed by atoms with van der Waals surface area (Å²) in [6.07, 6.45) is 2.66. The fourth-order valence-corrected chi connectivity index (χ4v) is 1.87. The monoisotopic (exact) mass is 173 g/mol. The third-order valence-electron chi connectivity index (χ3n) is 2.63. The Balaban J connectivity index is 2.18. The number of nitriles is 1. The van der Waals surface area contributed by atoms with Crippen LogP contribution < -0.4 is 4.90 Å². The molecule has 1 aromatic carbocycles.